The Bertz CT molecular complexity index is 1100. The third-order valence-corrected chi connectivity index (χ3v) is 14.1. The molecule has 4 fully saturated rings. The van der Waals surface area contributed by atoms with Crippen LogP contribution < -0.4 is 0 Å². The number of Topliss-reactive ketones (excluding diaryl/α,β-unsaturated/α-hetero) is 1. The maximum Gasteiger partial charge on any atom is 0.263 e. The van der Waals surface area contributed by atoms with Crippen molar-refractivity contribution in [3.05, 3.63) is 22.9 Å². The summed E-state index contributed by atoms with van der Waals surface area (Å²) in [6, 6.07) is -0.239. The number of ketones is 1. The van der Waals surface area contributed by atoms with E-state index in [1.165, 1.54) is 4.31 Å². The van der Waals surface area contributed by atoms with Crippen LogP contribution in [-0.2, 0) is 19.6 Å². The van der Waals surface area contributed by atoms with Gasteiger partial charge in [0.2, 0.25) is 10.0 Å². The normalized spacial score (nSPS) is 45.7. The Morgan fingerprint density at radius 3 is 2.35 bits per heavy atom. The molecule has 1 spiro atoms. The lowest BCUT2D eigenvalue weighted by atomic mass is 9.69. The van der Waals surface area contributed by atoms with Crippen molar-refractivity contribution >= 4 is 29.8 Å². The van der Waals surface area contributed by atoms with E-state index >= 15 is 0 Å². The molecule has 0 unspecified atom stereocenters. The van der Waals surface area contributed by atoms with E-state index in [9.17, 15) is 18.0 Å². The lowest BCUT2D eigenvalue weighted by Crippen LogP contribution is -2.46. The standard InChI is InChI=1S/C24H33NO4SSi/c1-23(2)15-8-9-24(23)12-30(28,29)25(16(24)11-15)22(27)19-17-13-6-7-14(10-13)18(17)20(26)21(19)31(3,4)5/h6-7,13-18H,8-12H2,1-5H3/t13-,14+,15+,16+,17+,18-,24+/m1/s1. The number of amides is 1. The summed E-state index contributed by atoms with van der Waals surface area (Å²) in [6.45, 7) is 10.8. The van der Waals surface area contributed by atoms with E-state index in [4.69, 9.17) is 0 Å². The molecule has 6 rings (SSSR count). The van der Waals surface area contributed by atoms with Gasteiger partial charge in [-0.3, -0.25) is 9.59 Å². The third kappa shape index (κ3) is 2.20. The summed E-state index contributed by atoms with van der Waals surface area (Å²) in [5.41, 5.74) is 0.189. The number of sulfonamides is 1. The van der Waals surface area contributed by atoms with Gasteiger partial charge in [-0.15, -0.1) is 0 Å². The highest BCUT2D eigenvalue weighted by atomic mass is 32.2. The molecule has 1 amide bonds. The fourth-order valence-electron chi connectivity index (χ4n) is 8.74. The SMILES string of the molecule is CC1(C)[C@H]2CC[C@@]13CS(=O)(=O)N(C(=O)C1=C([Si](C)(C)C)C(=O)[C@H]4[C@@H]1[C@@H]1C=C[C@H]4C1)[C@H]3C2. The van der Waals surface area contributed by atoms with Crippen LogP contribution in [0, 0.1) is 40.4 Å². The number of rotatable bonds is 2. The molecule has 0 aromatic heterocycles. The lowest BCUT2D eigenvalue weighted by molar-refractivity contribution is -0.125. The van der Waals surface area contributed by atoms with Gasteiger partial charge in [-0.05, 0) is 54.0 Å². The van der Waals surface area contributed by atoms with Gasteiger partial charge >= 0.3 is 0 Å². The Hall–Kier alpha value is -1.21. The van der Waals surface area contributed by atoms with Gasteiger partial charge in [0.05, 0.1) is 19.9 Å². The molecule has 0 radical (unpaired) electrons. The zero-order valence-electron chi connectivity index (χ0n) is 19.1. The predicted octanol–water partition coefficient (Wildman–Crippen LogP) is 3.55. The third-order valence-electron chi connectivity index (χ3n) is 10.2. The fourth-order valence-corrected chi connectivity index (χ4v) is 13.3. The van der Waals surface area contributed by atoms with Crippen LogP contribution in [0.3, 0.4) is 0 Å². The van der Waals surface area contributed by atoms with Crippen LogP contribution in [0.1, 0.15) is 39.5 Å². The molecule has 7 atom stereocenters. The first-order valence-electron chi connectivity index (χ1n) is 11.8. The van der Waals surface area contributed by atoms with Gasteiger partial charge in [0.15, 0.2) is 5.78 Å². The summed E-state index contributed by atoms with van der Waals surface area (Å²) >= 11 is 0. The summed E-state index contributed by atoms with van der Waals surface area (Å²) in [4.78, 5) is 27.8. The molecule has 168 valence electrons. The van der Waals surface area contributed by atoms with Crippen LogP contribution in [0.5, 0.6) is 0 Å². The van der Waals surface area contributed by atoms with Crippen LogP contribution in [0.25, 0.3) is 0 Å². The van der Waals surface area contributed by atoms with Crippen LogP contribution in [0.2, 0.25) is 19.6 Å². The molecular formula is C24H33NO4SSi. The van der Waals surface area contributed by atoms with Crippen molar-refractivity contribution in [2.45, 2.75) is 65.2 Å². The van der Waals surface area contributed by atoms with E-state index in [-0.39, 0.29) is 58.0 Å². The Kier molecular flexibility index (Phi) is 3.71. The van der Waals surface area contributed by atoms with Gasteiger partial charge in [0, 0.05) is 22.8 Å². The average molecular weight is 460 g/mol. The van der Waals surface area contributed by atoms with E-state index in [1.807, 2.05) is 0 Å². The number of allylic oxidation sites excluding steroid dienone is 3. The number of hydrogen-bond donors (Lipinski definition) is 0. The fraction of sp³-hybridized carbons (Fsp3) is 0.750. The van der Waals surface area contributed by atoms with Crippen molar-refractivity contribution in [2.24, 2.45) is 40.4 Å². The van der Waals surface area contributed by atoms with Crippen molar-refractivity contribution in [3.8, 4) is 0 Å². The van der Waals surface area contributed by atoms with Gasteiger partial charge in [-0.2, -0.15) is 0 Å². The number of hydrogen-bond acceptors (Lipinski definition) is 4. The Labute approximate surface area is 186 Å². The molecule has 3 saturated carbocycles. The zero-order valence-corrected chi connectivity index (χ0v) is 21.0. The van der Waals surface area contributed by atoms with Crippen molar-refractivity contribution in [1.29, 1.82) is 0 Å². The lowest BCUT2D eigenvalue weighted by Gasteiger charge is -2.37. The van der Waals surface area contributed by atoms with E-state index in [1.54, 1.807) is 0 Å². The van der Waals surface area contributed by atoms with Crippen LogP contribution in [0.15, 0.2) is 22.9 Å². The Balaban J connectivity index is 1.50. The quantitative estimate of drug-likeness (QED) is 0.468. The maximum atomic E-state index is 14.2. The molecule has 0 N–H and O–H groups in total. The van der Waals surface area contributed by atoms with E-state index in [0.29, 0.717) is 11.5 Å². The van der Waals surface area contributed by atoms with Crippen molar-refractivity contribution in [1.82, 2.24) is 4.31 Å². The van der Waals surface area contributed by atoms with Gasteiger partial charge in [-0.1, -0.05) is 45.6 Å². The molecule has 5 nitrogen and oxygen atoms in total. The minimum Gasteiger partial charge on any atom is -0.295 e. The Morgan fingerprint density at radius 2 is 1.74 bits per heavy atom. The molecule has 0 aromatic carbocycles. The van der Waals surface area contributed by atoms with Crippen LogP contribution in [-0.4, -0.2) is 44.3 Å². The van der Waals surface area contributed by atoms with E-state index < -0.39 is 18.1 Å². The average Bonchev–Trinajstić information content (AvgIpc) is 3.42. The van der Waals surface area contributed by atoms with Gasteiger partial charge < -0.3 is 0 Å². The first-order valence-corrected chi connectivity index (χ1v) is 17.0. The summed E-state index contributed by atoms with van der Waals surface area (Å²) in [5, 5.41) is 0.726. The number of fused-ring (bicyclic) bond motifs is 6. The molecule has 5 aliphatic carbocycles. The molecule has 1 heterocycles. The highest BCUT2D eigenvalue weighted by Crippen LogP contribution is 2.70. The smallest absolute Gasteiger partial charge is 0.263 e. The minimum atomic E-state index is -3.69. The second kappa shape index (κ2) is 5.64. The monoisotopic (exact) mass is 459 g/mol. The summed E-state index contributed by atoms with van der Waals surface area (Å²) in [6.07, 6.45) is 7.96. The maximum absolute atomic E-state index is 14.2. The molecule has 1 saturated heterocycles. The Morgan fingerprint density at radius 1 is 1.10 bits per heavy atom. The van der Waals surface area contributed by atoms with Gasteiger partial charge in [0.25, 0.3) is 5.91 Å². The minimum absolute atomic E-state index is 0.0705. The first kappa shape index (κ1) is 20.4. The molecule has 1 aliphatic heterocycles. The first-order chi connectivity index (χ1) is 14.3. The molecular weight excluding hydrogens is 426 g/mol. The van der Waals surface area contributed by atoms with Crippen LogP contribution >= 0.6 is 0 Å². The van der Waals surface area contributed by atoms with Crippen molar-refractivity contribution in [3.63, 3.8) is 0 Å². The molecule has 31 heavy (non-hydrogen) atoms. The van der Waals surface area contributed by atoms with Crippen molar-refractivity contribution < 1.29 is 18.0 Å². The highest BCUT2D eigenvalue weighted by Gasteiger charge is 2.73. The number of carbonyl (C=O) groups is 2. The van der Waals surface area contributed by atoms with Gasteiger partial charge in [-0.25, -0.2) is 12.7 Å². The molecule has 0 aromatic rings. The molecule has 6 aliphatic rings. The summed E-state index contributed by atoms with van der Waals surface area (Å²) in [5.74, 6) is 0.500. The van der Waals surface area contributed by atoms with E-state index in [0.717, 1.165) is 30.9 Å². The molecule has 7 heteroatoms. The second-order valence-corrected chi connectivity index (χ2v) is 19.5. The number of nitrogens with zero attached hydrogens (tertiary/aromatic N) is 1. The topological polar surface area (TPSA) is 71.5 Å². The summed E-state index contributed by atoms with van der Waals surface area (Å²) in [7, 11) is -5.82. The summed E-state index contributed by atoms with van der Waals surface area (Å²) < 4.78 is 28.4. The van der Waals surface area contributed by atoms with Gasteiger partial charge in [0.1, 0.15) is 0 Å². The predicted molar refractivity (Wildman–Crippen MR) is 121 cm³/mol. The van der Waals surface area contributed by atoms with E-state index in [2.05, 4.69) is 45.6 Å². The highest BCUT2D eigenvalue weighted by molar-refractivity contribution is 7.90. The van der Waals surface area contributed by atoms with Crippen LogP contribution in [0.4, 0.5) is 0 Å². The molecule has 4 bridgehead atoms. The number of carbonyl (C=O) groups excluding carboxylic acids is 2. The van der Waals surface area contributed by atoms with Crippen molar-refractivity contribution in [2.75, 3.05) is 5.75 Å². The zero-order chi connectivity index (χ0) is 22.3. The second-order valence-electron chi connectivity index (χ2n) is 12.6. The largest absolute Gasteiger partial charge is 0.295 e.